The van der Waals surface area contributed by atoms with Gasteiger partial charge < -0.3 is 20.7 Å². The fraction of sp³-hybridized carbons (Fsp3) is 0.200. The predicted molar refractivity (Wildman–Crippen MR) is 78.3 cm³/mol. The molecular weight excluding hydrogens is 270 g/mol. The average molecular weight is 287 g/mol. The molecule has 6 heteroatoms. The molecule has 0 aliphatic rings. The monoisotopic (exact) mass is 287 g/mol. The summed E-state index contributed by atoms with van der Waals surface area (Å²) in [4.78, 5) is 12.1. The van der Waals surface area contributed by atoms with Crippen molar-refractivity contribution in [2.24, 2.45) is 10.9 Å². The van der Waals surface area contributed by atoms with Crippen molar-refractivity contribution in [1.82, 2.24) is 5.32 Å². The second-order valence-corrected chi connectivity index (χ2v) is 4.70. The number of amides is 1. The molecule has 0 atom stereocenters. The molecule has 0 aliphatic carbocycles. The zero-order valence-electron chi connectivity index (χ0n) is 11.9. The maximum Gasteiger partial charge on any atom is 0.255 e. The van der Waals surface area contributed by atoms with E-state index in [0.29, 0.717) is 29.2 Å². The Morgan fingerprint density at radius 2 is 2.14 bits per heavy atom. The fourth-order valence-corrected chi connectivity index (χ4v) is 2.03. The number of benzene rings is 1. The number of hydrogen-bond acceptors (Lipinski definition) is 4. The molecule has 2 rings (SSSR count). The van der Waals surface area contributed by atoms with Gasteiger partial charge in [0, 0.05) is 12.1 Å². The van der Waals surface area contributed by atoms with Gasteiger partial charge in [-0.3, -0.25) is 4.79 Å². The van der Waals surface area contributed by atoms with Crippen LogP contribution in [0, 0.1) is 13.8 Å². The van der Waals surface area contributed by atoms with Crippen LogP contribution >= 0.6 is 0 Å². The maximum absolute atomic E-state index is 12.1. The number of furan rings is 1. The molecule has 0 aliphatic heterocycles. The Kier molecular flexibility index (Phi) is 4.27. The molecule has 0 saturated carbocycles. The summed E-state index contributed by atoms with van der Waals surface area (Å²) >= 11 is 0. The quantitative estimate of drug-likeness (QED) is 0.346. The molecule has 1 amide bonds. The smallest absolute Gasteiger partial charge is 0.255 e. The highest BCUT2D eigenvalue weighted by Crippen LogP contribution is 2.13. The van der Waals surface area contributed by atoms with E-state index in [1.165, 1.54) is 0 Å². The van der Waals surface area contributed by atoms with Gasteiger partial charge in [-0.2, -0.15) is 0 Å². The van der Waals surface area contributed by atoms with Crippen molar-refractivity contribution in [3.8, 4) is 0 Å². The van der Waals surface area contributed by atoms with Crippen molar-refractivity contribution in [2.75, 3.05) is 0 Å². The summed E-state index contributed by atoms with van der Waals surface area (Å²) in [5.41, 5.74) is 7.51. The standard InChI is InChI=1S/C15H17N3O3/c1-9-6-13(10(2)21-9)15(19)17-8-11-4-3-5-12(7-11)14(16)18-20/h3-7,20H,8H2,1-2H3,(H2,16,18)(H,17,19). The molecule has 0 bridgehead atoms. The summed E-state index contributed by atoms with van der Waals surface area (Å²) in [6, 6.07) is 8.81. The molecule has 1 aromatic heterocycles. The molecule has 21 heavy (non-hydrogen) atoms. The predicted octanol–water partition coefficient (Wildman–Crippen LogP) is 1.92. The van der Waals surface area contributed by atoms with Crippen molar-refractivity contribution in [3.05, 3.63) is 58.5 Å². The van der Waals surface area contributed by atoms with Crippen LogP contribution in [0.25, 0.3) is 0 Å². The molecule has 6 nitrogen and oxygen atoms in total. The van der Waals surface area contributed by atoms with Gasteiger partial charge in [-0.15, -0.1) is 0 Å². The van der Waals surface area contributed by atoms with E-state index in [0.717, 1.165) is 5.56 Å². The van der Waals surface area contributed by atoms with Crippen LogP contribution < -0.4 is 11.1 Å². The SMILES string of the molecule is Cc1cc(C(=O)NCc2cccc(C(N)=NO)c2)c(C)o1. The molecule has 0 saturated heterocycles. The Labute approximate surface area is 122 Å². The number of carbonyl (C=O) groups is 1. The van der Waals surface area contributed by atoms with E-state index in [9.17, 15) is 4.79 Å². The van der Waals surface area contributed by atoms with Crippen LogP contribution in [0.15, 0.2) is 39.9 Å². The van der Waals surface area contributed by atoms with Gasteiger partial charge in [0.25, 0.3) is 5.91 Å². The maximum atomic E-state index is 12.1. The lowest BCUT2D eigenvalue weighted by Crippen LogP contribution is -2.23. The second-order valence-electron chi connectivity index (χ2n) is 4.70. The third kappa shape index (κ3) is 3.42. The molecule has 0 spiro atoms. The summed E-state index contributed by atoms with van der Waals surface area (Å²) in [5.74, 6) is 1.13. The number of nitrogens with one attached hydrogen (secondary N) is 1. The van der Waals surface area contributed by atoms with Crippen molar-refractivity contribution < 1.29 is 14.4 Å². The van der Waals surface area contributed by atoms with E-state index in [1.807, 2.05) is 6.07 Å². The first-order valence-electron chi connectivity index (χ1n) is 6.43. The van der Waals surface area contributed by atoms with E-state index in [-0.39, 0.29) is 11.7 Å². The number of nitrogens with zero attached hydrogens (tertiary/aromatic N) is 1. The first-order valence-corrected chi connectivity index (χ1v) is 6.43. The zero-order chi connectivity index (χ0) is 15.4. The van der Waals surface area contributed by atoms with Gasteiger partial charge in [-0.05, 0) is 31.5 Å². The molecular formula is C15H17N3O3. The van der Waals surface area contributed by atoms with Gasteiger partial charge in [0.05, 0.1) is 5.56 Å². The fourth-order valence-electron chi connectivity index (χ4n) is 2.03. The number of nitrogens with two attached hydrogens (primary N) is 1. The van der Waals surface area contributed by atoms with Crippen molar-refractivity contribution >= 4 is 11.7 Å². The molecule has 110 valence electrons. The molecule has 2 aromatic rings. The summed E-state index contributed by atoms with van der Waals surface area (Å²) in [6.07, 6.45) is 0. The number of amidine groups is 1. The molecule has 1 aromatic carbocycles. The van der Waals surface area contributed by atoms with Gasteiger partial charge in [0.2, 0.25) is 0 Å². The minimum Gasteiger partial charge on any atom is -0.466 e. The van der Waals surface area contributed by atoms with Crippen LogP contribution in [0.5, 0.6) is 0 Å². The van der Waals surface area contributed by atoms with Crippen LogP contribution in [0.1, 0.15) is 33.0 Å². The summed E-state index contributed by atoms with van der Waals surface area (Å²) in [5, 5.41) is 14.4. The normalized spacial score (nSPS) is 11.4. The number of aryl methyl sites for hydroxylation is 2. The highest BCUT2D eigenvalue weighted by Gasteiger charge is 2.13. The first kappa shape index (κ1) is 14.6. The largest absolute Gasteiger partial charge is 0.466 e. The van der Waals surface area contributed by atoms with Crippen molar-refractivity contribution in [2.45, 2.75) is 20.4 Å². The number of oxime groups is 1. The molecule has 4 N–H and O–H groups in total. The Bertz CT molecular complexity index is 689. The average Bonchev–Trinajstić information content (AvgIpc) is 2.83. The Hall–Kier alpha value is -2.76. The van der Waals surface area contributed by atoms with Crippen LogP contribution in [0.4, 0.5) is 0 Å². The van der Waals surface area contributed by atoms with Crippen molar-refractivity contribution in [1.29, 1.82) is 0 Å². The minimum atomic E-state index is -0.196. The van der Waals surface area contributed by atoms with Crippen LogP contribution in [0.2, 0.25) is 0 Å². The van der Waals surface area contributed by atoms with Crippen LogP contribution in [-0.2, 0) is 6.54 Å². The number of hydrogen-bond donors (Lipinski definition) is 3. The Morgan fingerprint density at radius 3 is 2.76 bits per heavy atom. The number of rotatable bonds is 4. The van der Waals surface area contributed by atoms with Gasteiger partial charge in [0.15, 0.2) is 5.84 Å². The molecule has 1 heterocycles. The Morgan fingerprint density at radius 1 is 1.38 bits per heavy atom. The second kappa shape index (κ2) is 6.13. The highest BCUT2D eigenvalue weighted by molar-refractivity contribution is 5.97. The third-order valence-electron chi connectivity index (χ3n) is 3.07. The van der Waals surface area contributed by atoms with Crippen LogP contribution in [0.3, 0.4) is 0 Å². The first-order chi connectivity index (χ1) is 10.0. The van der Waals surface area contributed by atoms with Gasteiger partial charge in [0.1, 0.15) is 11.5 Å². The third-order valence-corrected chi connectivity index (χ3v) is 3.07. The van der Waals surface area contributed by atoms with Crippen molar-refractivity contribution in [3.63, 3.8) is 0 Å². The summed E-state index contributed by atoms with van der Waals surface area (Å²) < 4.78 is 5.33. The number of carbonyl (C=O) groups excluding carboxylic acids is 1. The molecule has 0 unspecified atom stereocenters. The minimum absolute atomic E-state index is 0.0319. The van der Waals surface area contributed by atoms with Gasteiger partial charge in [-0.25, -0.2) is 0 Å². The van der Waals surface area contributed by atoms with E-state index in [2.05, 4.69) is 10.5 Å². The van der Waals surface area contributed by atoms with E-state index < -0.39 is 0 Å². The highest BCUT2D eigenvalue weighted by atomic mass is 16.4. The molecule has 0 fully saturated rings. The van der Waals surface area contributed by atoms with Crippen LogP contribution in [-0.4, -0.2) is 17.0 Å². The van der Waals surface area contributed by atoms with E-state index >= 15 is 0 Å². The zero-order valence-corrected chi connectivity index (χ0v) is 11.9. The summed E-state index contributed by atoms with van der Waals surface area (Å²) in [7, 11) is 0. The topological polar surface area (TPSA) is 101 Å². The lowest BCUT2D eigenvalue weighted by Gasteiger charge is -2.06. The van der Waals surface area contributed by atoms with Gasteiger partial charge in [-0.1, -0.05) is 23.4 Å². The van der Waals surface area contributed by atoms with E-state index in [1.54, 1.807) is 38.1 Å². The summed E-state index contributed by atoms with van der Waals surface area (Å²) in [6.45, 7) is 3.89. The lowest BCUT2D eigenvalue weighted by molar-refractivity contribution is 0.0949. The van der Waals surface area contributed by atoms with E-state index in [4.69, 9.17) is 15.4 Å². The lowest BCUT2D eigenvalue weighted by atomic mass is 10.1. The molecule has 0 radical (unpaired) electrons. The van der Waals surface area contributed by atoms with Gasteiger partial charge >= 0.3 is 0 Å². The Balaban J connectivity index is 2.06.